The van der Waals surface area contributed by atoms with E-state index in [9.17, 15) is 4.79 Å². The van der Waals surface area contributed by atoms with Crippen molar-refractivity contribution in [1.29, 1.82) is 0 Å². The molecule has 0 spiro atoms. The zero-order chi connectivity index (χ0) is 9.78. The number of isocyanates is 1. The molecule has 0 N–H and O–H groups in total. The van der Waals surface area contributed by atoms with Crippen LogP contribution in [0.4, 0.5) is 0 Å². The highest BCUT2D eigenvalue weighted by Crippen LogP contribution is 2.08. The van der Waals surface area contributed by atoms with Crippen molar-refractivity contribution in [3.8, 4) is 0 Å². The van der Waals surface area contributed by atoms with Crippen LogP contribution in [-0.2, 0) is 4.79 Å². The van der Waals surface area contributed by atoms with Gasteiger partial charge in [-0.25, -0.2) is 4.79 Å². The lowest BCUT2D eigenvalue weighted by Gasteiger charge is -1.98. The highest BCUT2D eigenvalue weighted by molar-refractivity contribution is 6.34. The van der Waals surface area contributed by atoms with Crippen molar-refractivity contribution in [3.63, 3.8) is 0 Å². The Balaban J connectivity index is 2.87. The molecule has 0 radical (unpaired) electrons. The molecule has 0 bridgehead atoms. The van der Waals surface area contributed by atoms with E-state index >= 15 is 0 Å². The van der Waals surface area contributed by atoms with Gasteiger partial charge in [-0.15, -0.1) is 0 Å². The molecule has 0 saturated carbocycles. The van der Waals surface area contributed by atoms with E-state index in [4.69, 9.17) is 0 Å². The molecule has 0 aromatic rings. The lowest BCUT2D eigenvalue weighted by Crippen LogP contribution is -1.85. The third kappa shape index (κ3) is 11.6. The number of unbranched alkanes of at least 4 members (excludes halogenated alkanes) is 6. The van der Waals surface area contributed by atoms with Crippen LogP contribution in [0, 0.1) is 0 Å². The quantitative estimate of drug-likeness (QED) is 0.243. The maximum absolute atomic E-state index is 9.76. The van der Waals surface area contributed by atoms with Crippen molar-refractivity contribution in [2.75, 3.05) is 0 Å². The lowest BCUT2D eigenvalue weighted by atomic mass is 10.1. The minimum absolute atomic E-state index is 0.431. The Bertz CT molecular complexity index is 144. The molecule has 13 heavy (non-hydrogen) atoms. The standard InChI is InChI=1S/C10H21NOSi/c1-2-3-4-5-6-7-8-9-13-11-10-12/h2-9,13H2,1H3. The number of rotatable bonds is 9. The smallest absolute Gasteiger partial charge is 0.224 e. The molecule has 0 aliphatic rings. The molecule has 3 heteroatoms. The summed E-state index contributed by atoms with van der Waals surface area (Å²) >= 11 is 0. The van der Waals surface area contributed by atoms with Gasteiger partial charge in [0.15, 0.2) is 9.68 Å². The Morgan fingerprint density at radius 3 is 2.31 bits per heavy atom. The SMILES string of the molecule is CCCCCCCCC[SiH2]N=C=O. The largest absolute Gasteiger partial charge is 0.256 e. The Hall–Kier alpha value is -0.403. The van der Waals surface area contributed by atoms with Crippen molar-refractivity contribution in [2.24, 2.45) is 4.66 Å². The van der Waals surface area contributed by atoms with Crippen molar-refractivity contribution >= 4 is 15.8 Å². The van der Waals surface area contributed by atoms with E-state index in [0.717, 1.165) is 0 Å². The zero-order valence-electron chi connectivity index (χ0n) is 8.72. The molecule has 0 atom stereocenters. The number of hydrogen-bond donors (Lipinski definition) is 0. The minimum Gasteiger partial charge on any atom is -0.256 e. The Kier molecular flexibility index (Phi) is 11.2. The fourth-order valence-electron chi connectivity index (χ4n) is 1.37. The second-order valence-corrected chi connectivity index (χ2v) is 4.92. The summed E-state index contributed by atoms with van der Waals surface area (Å²) in [6.45, 7) is 2.24. The first-order valence-electron chi connectivity index (χ1n) is 5.45. The van der Waals surface area contributed by atoms with Crippen LogP contribution in [0.1, 0.15) is 51.9 Å². The van der Waals surface area contributed by atoms with Gasteiger partial charge in [0, 0.05) is 0 Å². The number of hydrogen-bond acceptors (Lipinski definition) is 2. The molecule has 0 aromatic heterocycles. The van der Waals surface area contributed by atoms with E-state index in [-0.39, 0.29) is 0 Å². The first-order chi connectivity index (χ1) is 6.41. The predicted octanol–water partition coefficient (Wildman–Crippen LogP) is 2.57. The van der Waals surface area contributed by atoms with Crippen LogP contribution in [0.15, 0.2) is 4.66 Å². The van der Waals surface area contributed by atoms with Gasteiger partial charge in [-0.3, -0.25) is 4.66 Å². The molecule has 0 unspecified atom stereocenters. The maximum Gasteiger partial charge on any atom is 0.224 e. The summed E-state index contributed by atoms with van der Waals surface area (Å²) in [5, 5.41) is 0. The Morgan fingerprint density at radius 2 is 1.69 bits per heavy atom. The number of nitrogens with zero attached hydrogens (tertiary/aromatic N) is 1. The number of carbonyl (C=O) groups excluding carboxylic acids is 1. The average Bonchev–Trinajstić information content (AvgIpc) is 2.16. The normalized spacial score (nSPS) is 10.5. The molecule has 0 rings (SSSR count). The molecule has 0 fully saturated rings. The molecule has 0 saturated heterocycles. The molecular formula is C10H21NOSi. The van der Waals surface area contributed by atoms with Crippen LogP contribution in [0.25, 0.3) is 0 Å². The molecule has 0 aliphatic carbocycles. The van der Waals surface area contributed by atoms with Crippen LogP contribution < -0.4 is 0 Å². The molecule has 0 aliphatic heterocycles. The average molecular weight is 199 g/mol. The second-order valence-electron chi connectivity index (χ2n) is 3.45. The van der Waals surface area contributed by atoms with Crippen molar-refractivity contribution in [1.82, 2.24) is 0 Å². The predicted molar refractivity (Wildman–Crippen MR) is 59.5 cm³/mol. The summed E-state index contributed by atoms with van der Waals surface area (Å²) in [5.74, 6) is 0. The monoisotopic (exact) mass is 199 g/mol. The highest BCUT2D eigenvalue weighted by atomic mass is 28.2. The van der Waals surface area contributed by atoms with Crippen LogP contribution in [-0.4, -0.2) is 15.8 Å². The van der Waals surface area contributed by atoms with Gasteiger partial charge in [-0.2, -0.15) is 0 Å². The minimum atomic E-state index is -0.431. The molecule has 0 heterocycles. The second kappa shape index (κ2) is 11.6. The fourth-order valence-corrected chi connectivity index (χ4v) is 2.20. The van der Waals surface area contributed by atoms with Crippen molar-refractivity contribution in [2.45, 2.75) is 57.9 Å². The third-order valence-corrected chi connectivity index (χ3v) is 3.36. The summed E-state index contributed by atoms with van der Waals surface area (Å²) in [5.41, 5.74) is 0. The van der Waals surface area contributed by atoms with Gasteiger partial charge >= 0.3 is 0 Å². The van der Waals surface area contributed by atoms with Gasteiger partial charge in [0.05, 0.1) is 0 Å². The summed E-state index contributed by atoms with van der Waals surface area (Å²) in [7, 11) is -0.431. The van der Waals surface area contributed by atoms with Gasteiger partial charge in [0.25, 0.3) is 0 Å². The molecular weight excluding hydrogens is 178 g/mol. The van der Waals surface area contributed by atoms with E-state index in [0.29, 0.717) is 0 Å². The summed E-state index contributed by atoms with van der Waals surface area (Å²) in [6, 6.07) is 1.18. The maximum atomic E-state index is 9.76. The fraction of sp³-hybridized carbons (Fsp3) is 0.900. The van der Waals surface area contributed by atoms with Gasteiger partial charge in [-0.1, -0.05) is 51.9 Å². The van der Waals surface area contributed by atoms with Gasteiger partial charge < -0.3 is 0 Å². The van der Waals surface area contributed by atoms with E-state index < -0.39 is 9.68 Å². The van der Waals surface area contributed by atoms with Crippen LogP contribution >= 0.6 is 0 Å². The van der Waals surface area contributed by atoms with E-state index in [1.165, 1.54) is 51.0 Å². The van der Waals surface area contributed by atoms with Gasteiger partial charge in [0.1, 0.15) is 0 Å². The Morgan fingerprint density at radius 1 is 1.08 bits per heavy atom. The van der Waals surface area contributed by atoms with E-state index in [1.54, 1.807) is 6.08 Å². The topological polar surface area (TPSA) is 29.4 Å². The Labute approximate surface area is 83.7 Å². The third-order valence-electron chi connectivity index (χ3n) is 2.19. The zero-order valence-corrected chi connectivity index (χ0v) is 10.1. The summed E-state index contributed by atoms with van der Waals surface area (Å²) in [6.07, 6.45) is 11.0. The van der Waals surface area contributed by atoms with Crippen LogP contribution in [0.2, 0.25) is 6.04 Å². The van der Waals surface area contributed by atoms with Crippen LogP contribution in [0.5, 0.6) is 0 Å². The lowest BCUT2D eigenvalue weighted by molar-refractivity contribution is 0.566. The molecule has 0 amide bonds. The first-order valence-corrected chi connectivity index (χ1v) is 7.08. The van der Waals surface area contributed by atoms with Crippen molar-refractivity contribution < 1.29 is 4.79 Å². The first kappa shape index (κ1) is 12.6. The summed E-state index contributed by atoms with van der Waals surface area (Å²) in [4.78, 5) is 9.76. The van der Waals surface area contributed by atoms with E-state index in [2.05, 4.69) is 11.6 Å². The van der Waals surface area contributed by atoms with Crippen molar-refractivity contribution in [3.05, 3.63) is 0 Å². The van der Waals surface area contributed by atoms with Crippen LogP contribution in [0.3, 0.4) is 0 Å². The molecule has 0 aromatic carbocycles. The summed E-state index contributed by atoms with van der Waals surface area (Å²) < 4.78 is 3.65. The molecule has 2 nitrogen and oxygen atoms in total. The highest BCUT2D eigenvalue weighted by Gasteiger charge is 1.90. The van der Waals surface area contributed by atoms with E-state index in [1.807, 2.05) is 0 Å². The molecule has 76 valence electrons. The van der Waals surface area contributed by atoms with Gasteiger partial charge in [0.2, 0.25) is 6.08 Å². The van der Waals surface area contributed by atoms with Gasteiger partial charge in [-0.05, 0) is 6.04 Å².